The first-order valence-corrected chi connectivity index (χ1v) is 5.21. The molecule has 1 aromatic rings. The number of rotatable bonds is 5. The molecule has 0 saturated heterocycles. The van der Waals surface area contributed by atoms with Gasteiger partial charge in [-0.15, -0.1) is 0 Å². The topological polar surface area (TPSA) is 44.8 Å². The summed E-state index contributed by atoms with van der Waals surface area (Å²) >= 11 is 0. The Morgan fingerprint density at radius 2 is 2.19 bits per heavy atom. The van der Waals surface area contributed by atoms with Crippen LogP contribution in [0, 0.1) is 0 Å². The zero-order valence-electron chi connectivity index (χ0n) is 9.19. The molecule has 1 aliphatic rings. The Kier molecular flexibility index (Phi) is 3.41. The van der Waals surface area contributed by atoms with Crippen LogP contribution in [0.3, 0.4) is 0 Å². The van der Waals surface area contributed by atoms with Crippen molar-refractivity contribution in [1.82, 2.24) is 0 Å². The first-order valence-electron chi connectivity index (χ1n) is 5.21. The van der Waals surface area contributed by atoms with Crippen LogP contribution in [0.1, 0.15) is 18.9 Å². The number of hydrogen-bond acceptors (Lipinski definition) is 4. The molecule has 0 amide bonds. The molecular formula is C12H14O4. The molecule has 0 N–H and O–H groups in total. The van der Waals surface area contributed by atoms with E-state index < -0.39 is 0 Å². The average Bonchev–Trinajstić information content (AvgIpc) is 2.71. The van der Waals surface area contributed by atoms with Gasteiger partial charge in [0.2, 0.25) is 6.79 Å². The Labute approximate surface area is 94.1 Å². The molecule has 2 rings (SSSR count). The van der Waals surface area contributed by atoms with Crippen LogP contribution in [0.25, 0.3) is 0 Å². The summed E-state index contributed by atoms with van der Waals surface area (Å²) in [6.45, 7) is 2.79. The number of ketones is 1. The minimum absolute atomic E-state index is 0.144. The van der Waals surface area contributed by atoms with E-state index in [4.69, 9.17) is 14.2 Å². The second kappa shape index (κ2) is 4.99. The number of fused-ring (bicyclic) bond motifs is 1. The van der Waals surface area contributed by atoms with E-state index in [2.05, 4.69) is 0 Å². The van der Waals surface area contributed by atoms with Crippen LogP contribution < -0.4 is 9.47 Å². The lowest BCUT2D eigenvalue weighted by atomic mass is 10.2. The molecule has 16 heavy (non-hydrogen) atoms. The average molecular weight is 222 g/mol. The van der Waals surface area contributed by atoms with E-state index in [0.717, 1.165) is 17.1 Å². The SMILES string of the molecule is CC(=O)CCOCc1ccc2c(c1)OCO2. The molecule has 0 radical (unpaired) electrons. The van der Waals surface area contributed by atoms with Gasteiger partial charge in [-0.2, -0.15) is 0 Å². The van der Waals surface area contributed by atoms with Crippen molar-refractivity contribution >= 4 is 5.78 Å². The monoisotopic (exact) mass is 222 g/mol. The van der Waals surface area contributed by atoms with E-state index in [1.165, 1.54) is 0 Å². The van der Waals surface area contributed by atoms with Gasteiger partial charge in [0.1, 0.15) is 5.78 Å². The Balaban J connectivity index is 1.83. The zero-order chi connectivity index (χ0) is 11.4. The van der Waals surface area contributed by atoms with E-state index in [1.807, 2.05) is 18.2 Å². The number of carbonyl (C=O) groups is 1. The maximum atomic E-state index is 10.7. The van der Waals surface area contributed by atoms with Crippen LogP contribution in [-0.4, -0.2) is 19.2 Å². The molecule has 0 atom stereocenters. The maximum Gasteiger partial charge on any atom is 0.231 e. The van der Waals surface area contributed by atoms with Gasteiger partial charge in [0, 0.05) is 6.42 Å². The van der Waals surface area contributed by atoms with Gasteiger partial charge in [-0.25, -0.2) is 0 Å². The van der Waals surface area contributed by atoms with Gasteiger partial charge in [-0.3, -0.25) is 4.79 Å². The van der Waals surface area contributed by atoms with E-state index in [9.17, 15) is 4.79 Å². The van der Waals surface area contributed by atoms with Crippen LogP contribution in [0.5, 0.6) is 11.5 Å². The largest absolute Gasteiger partial charge is 0.454 e. The van der Waals surface area contributed by atoms with Crippen molar-refractivity contribution in [3.05, 3.63) is 23.8 Å². The molecule has 1 aromatic carbocycles. The standard InChI is InChI=1S/C12H14O4/c1-9(13)4-5-14-7-10-2-3-11-12(6-10)16-8-15-11/h2-3,6H,4-5,7-8H2,1H3. The summed E-state index contributed by atoms with van der Waals surface area (Å²) in [5.74, 6) is 1.67. The molecule has 0 bridgehead atoms. The lowest BCUT2D eigenvalue weighted by Crippen LogP contribution is -2.00. The first-order chi connectivity index (χ1) is 7.75. The number of ether oxygens (including phenoxy) is 3. The van der Waals surface area contributed by atoms with Crippen molar-refractivity contribution in [3.63, 3.8) is 0 Å². The van der Waals surface area contributed by atoms with E-state index >= 15 is 0 Å². The van der Waals surface area contributed by atoms with Gasteiger partial charge in [0.05, 0.1) is 13.2 Å². The number of benzene rings is 1. The van der Waals surface area contributed by atoms with Crippen LogP contribution in [0.4, 0.5) is 0 Å². The summed E-state index contributed by atoms with van der Waals surface area (Å²) in [7, 11) is 0. The van der Waals surface area contributed by atoms with Gasteiger partial charge in [0.25, 0.3) is 0 Å². The summed E-state index contributed by atoms with van der Waals surface area (Å²) in [5, 5.41) is 0. The van der Waals surface area contributed by atoms with Crippen LogP contribution in [0.2, 0.25) is 0 Å². The fourth-order valence-corrected chi connectivity index (χ4v) is 1.44. The highest BCUT2D eigenvalue weighted by Crippen LogP contribution is 2.32. The second-order valence-electron chi connectivity index (χ2n) is 3.69. The molecule has 0 fully saturated rings. The van der Waals surface area contributed by atoms with Crippen LogP contribution in [0.15, 0.2) is 18.2 Å². The predicted octanol–water partition coefficient (Wildman–Crippen LogP) is 1.91. The predicted molar refractivity (Wildman–Crippen MR) is 57.5 cm³/mol. The third-order valence-corrected chi connectivity index (χ3v) is 2.30. The number of hydrogen-bond donors (Lipinski definition) is 0. The van der Waals surface area contributed by atoms with Gasteiger partial charge in [0.15, 0.2) is 11.5 Å². The van der Waals surface area contributed by atoms with Crippen LogP contribution in [-0.2, 0) is 16.1 Å². The molecule has 4 nitrogen and oxygen atoms in total. The third kappa shape index (κ3) is 2.73. The smallest absolute Gasteiger partial charge is 0.231 e. The second-order valence-corrected chi connectivity index (χ2v) is 3.69. The molecule has 0 unspecified atom stereocenters. The Hall–Kier alpha value is -1.55. The molecule has 1 heterocycles. The molecule has 1 aliphatic heterocycles. The van der Waals surface area contributed by atoms with E-state index in [1.54, 1.807) is 6.92 Å². The number of Topliss-reactive ketones (excluding diaryl/α,β-unsaturated/α-hetero) is 1. The van der Waals surface area contributed by atoms with Gasteiger partial charge >= 0.3 is 0 Å². The highest BCUT2D eigenvalue weighted by Gasteiger charge is 2.12. The minimum Gasteiger partial charge on any atom is -0.454 e. The Morgan fingerprint density at radius 3 is 3.00 bits per heavy atom. The lowest BCUT2D eigenvalue weighted by molar-refractivity contribution is -0.118. The molecule has 0 aromatic heterocycles. The number of carbonyl (C=O) groups excluding carboxylic acids is 1. The van der Waals surface area contributed by atoms with Crippen molar-refractivity contribution in [1.29, 1.82) is 0 Å². The normalized spacial score (nSPS) is 12.8. The molecule has 0 aliphatic carbocycles. The summed E-state index contributed by atoms with van der Waals surface area (Å²) in [4.78, 5) is 10.7. The minimum atomic E-state index is 0.144. The highest BCUT2D eigenvalue weighted by atomic mass is 16.7. The lowest BCUT2D eigenvalue weighted by Gasteiger charge is -2.04. The van der Waals surface area contributed by atoms with Crippen molar-refractivity contribution in [2.45, 2.75) is 20.0 Å². The van der Waals surface area contributed by atoms with Gasteiger partial charge < -0.3 is 14.2 Å². The first kappa shape index (κ1) is 11.0. The summed E-state index contributed by atoms with van der Waals surface area (Å²) in [5.41, 5.74) is 1.02. The Bertz CT molecular complexity index is 387. The summed E-state index contributed by atoms with van der Waals surface area (Å²) < 4.78 is 15.8. The van der Waals surface area contributed by atoms with E-state index in [-0.39, 0.29) is 12.6 Å². The molecule has 4 heteroatoms. The molecule has 0 saturated carbocycles. The molecular weight excluding hydrogens is 208 g/mol. The summed E-state index contributed by atoms with van der Waals surface area (Å²) in [6, 6.07) is 5.70. The fourth-order valence-electron chi connectivity index (χ4n) is 1.44. The van der Waals surface area contributed by atoms with E-state index in [0.29, 0.717) is 19.6 Å². The van der Waals surface area contributed by atoms with Crippen molar-refractivity contribution in [3.8, 4) is 11.5 Å². The van der Waals surface area contributed by atoms with Crippen LogP contribution >= 0.6 is 0 Å². The maximum absolute atomic E-state index is 10.7. The Morgan fingerprint density at radius 1 is 1.38 bits per heavy atom. The van der Waals surface area contributed by atoms with Crippen molar-refractivity contribution in [2.24, 2.45) is 0 Å². The van der Waals surface area contributed by atoms with Gasteiger partial charge in [-0.05, 0) is 24.6 Å². The fraction of sp³-hybridized carbons (Fsp3) is 0.417. The molecule has 86 valence electrons. The zero-order valence-corrected chi connectivity index (χ0v) is 9.19. The highest BCUT2D eigenvalue weighted by molar-refractivity contribution is 5.75. The molecule has 0 spiro atoms. The van der Waals surface area contributed by atoms with Crippen molar-refractivity contribution < 1.29 is 19.0 Å². The summed E-state index contributed by atoms with van der Waals surface area (Å²) in [6.07, 6.45) is 0.463. The van der Waals surface area contributed by atoms with Crippen molar-refractivity contribution in [2.75, 3.05) is 13.4 Å². The third-order valence-electron chi connectivity index (χ3n) is 2.30. The van der Waals surface area contributed by atoms with Gasteiger partial charge in [-0.1, -0.05) is 6.07 Å². The quantitative estimate of drug-likeness (QED) is 0.714.